The Morgan fingerprint density at radius 1 is 0.912 bits per heavy atom. The van der Waals surface area contributed by atoms with E-state index >= 15 is 0 Å². The summed E-state index contributed by atoms with van der Waals surface area (Å²) < 4.78 is 52.5. The van der Waals surface area contributed by atoms with Gasteiger partial charge in [-0.3, -0.25) is 9.59 Å². The van der Waals surface area contributed by atoms with Gasteiger partial charge in [0, 0.05) is 22.5 Å². The van der Waals surface area contributed by atoms with E-state index in [-0.39, 0.29) is 27.6 Å². The van der Waals surface area contributed by atoms with E-state index in [1.807, 2.05) is 0 Å². The first-order valence-corrected chi connectivity index (χ1v) is 9.94. The predicted octanol–water partition coefficient (Wildman–Crippen LogP) is 4.48. The van der Waals surface area contributed by atoms with E-state index in [2.05, 4.69) is 4.74 Å². The fourth-order valence-electron chi connectivity index (χ4n) is 3.44. The minimum absolute atomic E-state index is 0.0655. The maximum atomic E-state index is 14.0. The molecule has 0 bridgehead atoms. The van der Waals surface area contributed by atoms with Gasteiger partial charge in [-0.1, -0.05) is 18.2 Å². The van der Waals surface area contributed by atoms with Gasteiger partial charge in [-0.15, -0.1) is 0 Å². The van der Waals surface area contributed by atoms with Crippen LogP contribution in [0.1, 0.15) is 10.4 Å². The Kier molecular flexibility index (Phi) is 6.18. The van der Waals surface area contributed by atoms with Gasteiger partial charge in [-0.2, -0.15) is 0 Å². The van der Waals surface area contributed by atoms with Gasteiger partial charge in [0.1, 0.15) is 12.3 Å². The number of carbonyl (C=O) groups is 2. The number of methoxy groups -OCH3 is 1. The summed E-state index contributed by atoms with van der Waals surface area (Å²) in [6.45, 7) is -0.463. The number of esters is 2. The van der Waals surface area contributed by atoms with Gasteiger partial charge in [0.25, 0.3) is 5.56 Å². The molecule has 0 aliphatic rings. The lowest BCUT2D eigenvalue weighted by Crippen LogP contribution is -2.25. The number of fused-ring (bicyclic) bond motifs is 1. The van der Waals surface area contributed by atoms with Crippen molar-refractivity contribution in [2.45, 2.75) is 6.54 Å². The predicted molar refractivity (Wildman–Crippen MR) is 117 cm³/mol. The van der Waals surface area contributed by atoms with Crippen LogP contribution in [-0.4, -0.2) is 23.6 Å². The van der Waals surface area contributed by atoms with Crippen LogP contribution in [-0.2, 0) is 16.1 Å². The molecule has 0 aliphatic carbocycles. The van der Waals surface area contributed by atoms with Gasteiger partial charge in [-0.25, -0.2) is 18.0 Å². The van der Waals surface area contributed by atoms with Crippen molar-refractivity contribution >= 4 is 22.7 Å². The first kappa shape index (κ1) is 22.8. The van der Waals surface area contributed by atoms with E-state index in [1.54, 1.807) is 30.3 Å². The van der Waals surface area contributed by atoms with Gasteiger partial charge < -0.3 is 14.0 Å². The third-order valence-corrected chi connectivity index (χ3v) is 5.10. The highest BCUT2D eigenvalue weighted by atomic mass is 19.2. The Bertz CT molecular complexity index is 1460. The second-order valence-corrected chi connectivity index (χ2v) is 7.27. The van der Waals surface area contributed by atoms with Crippen LogP contribution < -0.4 is 10.3 Å². The summed E-state index contributed by atoms with van der Waals surface area (Å²) in [5.74, 6) is -5.82. The van der Waals surface area contributed by atoms with Gasteiger partial charge in [0.15, 0.2) is 17.5 Å². The standard InChI is InChI=1S/C25H16F3NO5/c1-33-22(30)13-29-12-19(15-9-20(26)23(28)21(27)10-15)18-11-16(7-8-17(18)24(29)31)34-25(32)14-5-3-2-4-6-14/h2-12H,13H2,1H3. The Labute approximate surface area is 190 Å². The van der Waals surface area contributed by atoms with Crippen LogP contribution in [0.5, 0.6) is 5.75 Å². The molecule has 4 rings (SSSR count). The fourth-order valence-corrected chi connectivity index (χ4v) is 3.44. The lowest BCUT2D eigenvalue weighted by atomic mass is 10.00. The second-order valence-electron chi connectivity index (χ2n) is 7.27. The summed E-state index contributed by atoms with van der Waals surface area (Å²) in [7, 11) is 1.15. The quantitative estimate of drug-likeness (QED) is 0.246. The van der Waals surface area contributed by atoms with Gasteiger partial charge in [0.2, 0.25) is 0 Å². The molecular weight excluding hydrogens is 451 g/mol. The van der Waals surface area contributed by atoms with Crippen LogP contribution in [0, 0.1) is 17.5 Å². The molecule has 6 nitrogen and oxygen atoms in total. The van der Waals surface area contributed by atoms with Gasteiger partial charge in [-0.05, 0) is 48.0 Å². The lowest BCUT2D eigenvalue weighted by Gasteiger charge is -2.14. The number of hydrogen-bond donors (Lipinski definition) is 0. The molecule has 34 heavy (non-hydrogen) atoms. The van der Waals surface area contributed by atoms with Gasteiger partial charge >= 0.3 is 11.9 Å². The molecule has 0 unspecified atom stereocenters. The number of carbonyl (C=O) groups excluding carboxylic acids is 2. The van der Waals surface area contributed by atoms with Crippen molar-refractivity contribution in [3.63, 3.8) is 0 Å². The van der Waals surface area contributed by atoms with E-state index in [0.29, 0.717) is 5.56 Å². The average Bonchev–Trinajstić information content (AvgIpc) is 2.84. The number of halogens is 3. The zero-order valence-electron chi connectivity index (χ0n) is 17.7. The molecule has 0 N–H and O–H groups in total. The van der Waals surface area contributed by atoms with Crippen molar-refractivity contribution in [1.29, 1.82) is 0 Å². The topological polar surface area (TPSA) is 74.6 Å². The molecule has 0 saturated carbocycles. The molecule has 172 valence electrons. The maximum absolute atomic E-state index is 14.0. The molecule has 0 radical (unpaired) electrons. The molecule has 0 amide bonds. The average molecular weight is 467 g/mol. The molecule has 3 aromatic carbocycles. The molecule has 4 aromatic rings. The highest BCUT2D eigenvalue weighted by molar-refractivity contribution is 5.98. The normalized spacial score (nSPS) is 10.8. The largest absolute Gasteiger partial charge is 0.468 e. The van der Waals surface area contributed by atoms with E-state index < -0.39 is 41.5 Å². The molecule has 0 atom stereocenters. The zero-order chi connectivity index (χ0) is 24.4. The smallest absolute Gasteiger partial charge is 0.343 e. The highest BCUT2D eigenvalue weighted by Crippen LogP contribution is 2.32. The van der Waals surface area contributed by atoms with Crippen molar-refractivity contribution in [2.24, 2.45) is 0 Å². The summed E-state index contributed by atoms with van der Waals surface area (Å²) in [4.78, 5) is 37.1. The van der Waals surface area contributed by atoms with E-state index in [4.69, 9.17) is 4.74 Å². The molecule has 1 heterocycles. The number of pyridine rings is 1. The van der Waals surface area contributed by atoms with Crippen molar-refractivity contribution in [3.05, 3.63) is 100 Å². The van der Waals surface area contributed by atoms with Crippen molar-refractivity contribution in [1.82, 2.24) is 4.57 Å². The van der Waals surface area contributed by atoms with Crippen molar-refractivity contribution in [3.8, 4) is 16.9 Å². The monoisotopic (exact) mass is 467 g/mol. The van der Waals surface area contributed by atoms with E-state index in [0.717, 1.165) is 23.8 Å². The molecule has 0 aliphatic heterocycles. The highest BCUT2D eigenvalue weighted by Gasteiger charge is 2.18. The fraction of sp³-hybridized carbons (Fsp3) is 0.0800. The Morgan fingerprint density at radius 2 is 1.59 bits per heavy atom. The van der Waals surface area contributed by atoms with Crippen LogP contribution in [0.3, 0.4) is 0 Å². The number of rotatable bonds is 5. The number of hydrogen-bond acceptors (Lipinski definition) is 5. The first-order chi connectivity index (χ1) is 16.3. The minimum atomic E-state index is -1.64. The van der Waals surface area contributed by atoms with Crippen LogP contribution in [0.2, 0.25) is 0 Å². The zero-order valence-corrected chi connectivity index (χ0v) is 17.7. The van der Waals surface area contributed by atoms with E-state index in [1.165, 1.54) is 24.4 Å². The summed E-state index contributed by atoms with van der Waals surface area (Å²) >= 11 is 0. The molecule has 0 saturated heterocycles. The summed E-state index contributed by atoms with van der Waals surface area (Å²) in [6.07, 6.45) is 1.20. The first-order valence-electron chi connectivity index (χ1n) is 9.94. The summed E-state index contributed by atoms with van der Waals surface area (Å²) in [5, 5.41) is 0.251. The van der Waals surface area contributed by atoms with Crippen LogP contribution in [0.15, 0.2) is 71.7 Å². The van der Waals surface area contributed by atoms with Crippen LogP contribution >= 0.6 is 0 Å². The number of nitrogens with zero attached hydrogens (tertiary/aromatic N) is 1. The van der Waals surface area contributed by atoms with Crippen molar-refractivity contribution in [2.75, 3.05) is 7.11 Å². The minimum Gasteiger partial charge on any atom is -0.468 e. The summed E-state index contributed by atoms with van der Waals surface area (Å²) in [6, 6.07) is 13.8. The molecule has 0 spiro atoms. The van der Waals surface area contributed by atoms with Crippen molar-refractivity contribution < 1.29 is 32.2 Å². The Morgan fingerprint density at radius 3 is 2.24 bits per heavy atom. The number of benzene rings is 3. The number of ether oxygens (including phenoxy) is 2. The molecule has 0 fully saturated rings. The van der Waals surface area contributed by atoms with Crippen LogP contribution in [0.4, 0.5) is 13.2 Å². The maximum Gasteiger partial charge on any atom is 0.343 e. The summed E-state index contributed by atoms with van der Waals surface area (Å²) in [5.41, 5.74) is -0.285. The van der Waals surface area contributed by atoms with Gasteiger partial charge in [0.05, 0.1) is 12.7 Å². The Hall–Kier alpha value is -4.40. The lowest BCUT2D eigenvalue weighted by molar-refractivity contribution is -0.141. The second kappa shape index (κ2) is 9.22. The third-order valence-electron chi connectivity index (χ3n) is 5.10. The number of aromatic nitrogens is 1. The van der Waals surface area contributed by atoms with Crippen LogP contribution in [0.25, 0.3) is 21.9 Å². The molecule has 9 heteroatoms. The molecule has 1 aromatic heterocycles. The molecular formula is C25H16F3NO5. The Balaban J connectivity index is 1.89. The van der Waals surface area contributed by atoms with E-state index in [9.17, 15) is 27.6 Å². The SMILES string of the molecule is COC(=O)Cn1cc(-c2cc(F)c(F)c(F)c2)c2cc(OC(=O)c3ccccc3)ccc2c1=O. The third kappa shape index (κ3) is 4.40.